The largest absolute Gasteiger partial charge is 0.359 e. The van der Waals surface area contributed by atoms with E-state index < -0.39 is 0 Å². The molecule has 2 heterocycles. The molecular formula is C11H11N3O2. The van der Waals surface area contributed by atoms with Gasteiger partial charge in [0.05, 0.1) is 5.69 Å². The molecule has 5 heteroatoms. The average molecular weight is 217 g/mol. The molecule has 0 N–H and O–H groups in total. The molecule has 1 aliphatic carbocycles. The zero-order valence-electron chi connectivity index (χ0n) is 8.67. The molecule has 0 spiro atoms. The predicted molar refractivity (Wildman–Crippen MR) is 56.1 cm³/mol. The summed E-state index contributed by atoms with van der Waals surface area (Å²) in [4.78, 5) is 11.4. The molecule has 0 saturated heterocycles. The number of hydrogen-bond donors (Lipinski definition) is 0. The van der Waals surface area contributed by atoms with Crippen molar-refractivity contribution >= 4 is 0 Å². The highest BCUT2D eigenvalue weighted by Gasteiger charge is 2.27. The van der Waals surface area contributed by atoms with Gasteiger partial charge in [-0.2, -0.15) is 5.10 Å². The molecule has 2 aromatic rings. The van der Waals surface area contributed by atoms with Gasteiger partial charge in [0.2, 0.25) is 0 Å². The van der Waals surface area contributed by atoms with Crippen molar-refractivity contribution in [1.29, 1.82) is 0 Å². The summed E-state index contributed by atoms with van der Waals surface area (Å²) in [6.07, 6.45) is 3.96. The average Bonchev–Trinajstić information content (AvgIpc) is 3.03. The van der Waals surface area contributed by atoms with E-state index in [0.717, 1.165) is 5.69 Å². The first-order valence-corrected chi connectivity index (χ1v) is 5.30. The first kappa shape index (κ1) is 9.33. The first-order chi connectivity index (χ1) is 7.83. The van der Waals surface area contributed by atoms with Crippen LogP contribution in [0.5, 0.6) is 0 Å². The van der Waals surface area contributed by atoms with Gasteiger partial charge in [-0.1, -0.05) is 5.16 Å². The Balaban J connectivity index is 1.83. The second-order valence-corrected chi connectivity index (χ2v) is 4.01. The smallest absolute Gasteiger partial charge is 0.267 e. The van der Waals surface area contributed by atoms with Crippen LogP contribution in [0.15, 0.2) is 33.7 Å². The molecule has 5 nitrogen and oxygen atoms in total. The lowest BCUT2D eigenvalue weighted by Gasteiger charge is -1.98. The summed E-state index contributed by atoms with van der Waals surface area (Å²) in [6.45, 7) is 0.347. The molecule has 0 aliphatic heterocycles. The predicted octanol–water partition coefficient (Wildman–Crippen LogP) is 1.16. The highest BCUT2D eigenvalue weighted by atomic mass is 16.5. The molecular weight excluding hydrogens is 206 g/mol. The van der Waals surface area contributed by atoms with Crippen LogP contribution < -0.4 is 5.56 Å². The fourth-order valence-electron chi connectivity index (χ4n) is 1.63. The maximum absolute atomic E-state index is 11.4. The van der Waals surface area contributed by atoms with E-state index in [0.29, 0.717) is 18.2 Å². The van der Waals surface area contributed by atoms with Crippen molar-refractivity contribution in [3.8, 4) is 0 Å². The van der Waals surface area contributed by atoms with Crippen LogP contribution in [0.3, 0.4) is 0 Å². The molecule has 0 atom stereocenters. The molecule has 3 rings (SSSR count). The third-order valence-electron chi connectivity index (χ3n) is 2.66. The third kappa shape index (κ3) is 1.76. The van der Waals surface area contributed by atoms with E-state index in [4.69, 9.17) is 4.52 Å². The van der Waals surface area contributed by atoms with Gasteiger partial charge in [-0.3, -0.25) is 4.79 Å². The molecule has 1 fully saturated rings. The molecule has 0 bridgehead atoms. The summed E-state index contributed by atoms with van der Waals surface area (Å²) >= 11 is 0. The molecule has 2 aromatic heterocycles. The summed E-state index contributed by atoms with van der Waals surface area (Å²) in [7, 11) is 0. The Morgan fingerprint density at radius 2 is 2.38 bits per heavy atom. The topological polar surface area (TPSA) is 60.9 Å². The maximum Gasteiger partial charge on any atom is 0.267 e. The van der Waals surface area contributed by atoms with Crippen molar-refractivity contribution < 1.29 is 4.52 Å². The Morgan fingerprint density at radius 3 is 3.12 bits per heavy atom. The monoisotopic (exact) mass is 217 g/mol. The highest BCUT2D eigenvalue weighted by Crippen LogP contribution is 2.39. The van der Waals surface area contributed by atoms with Crippen LogP contribution in [0.2, 0.25) is 0 Å². The van der Waals surface area contributed by atoms with Gasteiger partial charge >= 0.3 is 0 Å². The van der Waals surface area contributed by atoms with Crippen LogP contribution in [-0.4, -0.2) is 14.9 Å². The van der Waals surface area contributed by atoms with Crippen LogP contribution in [0.4, 0.5) is 0 Å². The van der Waals surface area contributed by atoms with Crippen LogP contribution in [-0.2, 0) is 6.54 Å². The quantitative estimate of drug-likeness (QED) is 0.773. The van der Waals surface area contributed by atoms with Crippen LogP contribution in [0.1, 0.15) is 30.2 Å². The Labute approximate surface area is 91.7 Å². The van der Waals surface area contributed by atoms with Gasteiger partial charge in [0.25, 0.3) is 5.56 Å². The minimum atomic E-state index is -0.133. The minimum absolute atomic E-state index is 0.133. The minimum Gasteiger partial charge on any atom is -0.359 e. The highest BCUT2D eigenvalue weighted by molar-refractivity contribution is 5.15. The summed E-state index contributed by atoms with van der Waals surface area (Å²) in [6, 6.07) is 5.01. The lowest BCUT2D eigenvalue weighted by Crippen LogP contribution is -2.21. The van der Waals surface area contributed by atoms with E-state index >= 15 is 0 Å². The lowest BCUT2D eigenvalue weighted by atomic mass is 10.3. The molecule has 0 unspecified atom stereocenters. The number of rotatable bonds is 3. The molecule has 1 aliphatic rings. The van der Waals surface area contributed by atoms with Gasteiger partial charge in [0.1, 0.15) is 6.54 Å². The fraction of sp³-hybridized carbons (Fsp3) is 0.364. The molecule has 0 radical (unpaired) electrons. The van der Waals surface area contributed by atoms with Gasteiger partial charge < -0.3 is 4.52 Å². The molecule has 16 heavy (non-hydrogen) atoms. The van der Waals surface area contributed by atoms with E-state index in [9.17, 15) is 4.79 Å². The van der Waals surface area contributed by atoms with Crippen LogP contribution in [0, 0.1) is 0 Å². The van der Waals surface area contributed by atoms with E-state index in [1.54, 1.807) is 12.3 Å². The van der Waals surface area contributed by atoms with E-state index in [2.05, 4.69) is 10.3 Å². The zero-order chi connectivity index (χ0) is 11.0. The van der Waals surface area contributed by atoms with Crippen molar-refractivity contribution in [2.75, 3.05) is 0 Å². The van der Waals surface area contributed by atoms with Gasteiger partial charge in [-0.15, -0.1) is 0 Å². The van der Waals surface area contributed by atoms with Crippen molar-refractivity contribution in [3.63, 3.8) is 0 Å². The second kappa shape index (κ2) is 3.59. The van der Waals surface area contributed by atoms with Crippen LogP contribution >= 0.6 is 0 Å². The lowest BCUT2D eigenvalue weighted by molar-refractivity contribution is 0.363. The molecule has 0 amide bonds. The van der Waals surface area contributed by atoms with Gasteiger partial charge in [-0.25, -0.2) is 4.68 Å². The zero-order valence-corrected chi connectivity index (χ0v) is 8.67. The van der Waals surface area contributed by atoms with E-state index in [1.165, 1.54) is 23.6 Å². The fourth-order valence-corrected chi connectivity index (χ4v) is 1.63. The van der Waals surface area contributed by atoms with Gasteiger partial charge in [0.15, 0.2) is 5.76 Å². The number of aromatic nitrogens is 3. The Kier molecular flexibility index (Phi) is 2.09. The van der Waals surface area contributed by atoms with Gasteiger partial charge in [-0.05, 0) is 18.9 Å². The van der Waals surface area contributed by atoms with Crippen molar-refractivity contribution in [2.24, 2.45) is 0 Å². The maximum atomic E-state index is 11.4. The first-order valence-electron chi connectivity index (χ1n) is 5.30. The number of nitrogens with zero attached hydrogens (tertiary/aromatic N) is 3. The van der Waals surface area contributed by atoms with Crippen molar-refractivity contribution in [3.05, 3.63) is 46.2 Å². The van der Waals surface area contributed by atoms with Crippen molar-refractivity contribution in [1.82, 2.24) is 14.9 Å². The Bertz CT molecular complexity index is 554. The summed E-state index contributed by atoms with van der Waals surface area (Å²) in [5.74, 6) is 1.25. The second-order valence-electron chi connectivity index (χ2n) is 4.01. The Morgan fingerprint density at radius 1 is 1.50 bits per heavy atom. The Hall–Kier alpha value is -1.91. The normalized spacial score (nSPS) is 15.2. The summed E-state index contributed by atoms with van der Waals surface area (Å²) in [5.41, 5.74) is 0.867. The third-order valence-corrected chi connectivity index (χ3v) is 2.66. The molecule has 82 valence electrons. The standard InChI is InChI=1S/C11H11N3O2/c15-11-2-1-5-12-14(11)7-9-6-10(13-16-9)8-3-4-8/h1-2,5-6,8H,3-4,7H2. The van der Waals surface area contributed by atoms with Crippen molar-refractivity contribution in [2.45, 2.75) is 25.3 Å². The van der Waals surface area contributed by atoms with E-state index in [-0.39, 0.29) is 5.56 Å². The van der Waals surface area contributed by atoms with E-state index in [1.807, 2.05) is 6.07 Å². The molecule has 0 aromatic carbocycles. The van der Waals surface area contributed by atoms with Gasteiger partial charge in [0, 0.05) is 24.2 Å². The molecule has 1 saturated carbocycles. The summed E-state index contributed by atoms with van der Waals surface area (Å²) in [5, 5.41) is 7.95. The SMILES string of the molecule is O=c1cccnn1Cc1cc(C2CC2)no1. The van der Waals surface area contributed by atoms with Crippen LogP contribution in [0.25, 0.3) is 0 Å². The summed E-state index contributed by atoms with van der Waals surface area (Å²) < 4.78 is 6.53. The number of hydrogen-bond acceptors (Lipinski definition) is 4.